The van der Waals surface area contributed by atoms with Gasteiger partial charge in [0.15, 0.2) is 23.0 Å². The van der Waals surface area contributed by atoms with E-state index in [2.05, 4.69) is 21.2 Å². The van der Waals surface area contributed by atoms with Gasteiger partial charge in [-0.3, -0.25) is 10.3 Å². The van der Waals surface area contributed by atoms with Crippen molar-refractivity contribution in [2.75, 3.05) is 13.4 Å². The molecule has 6 nitrogen and oxygen atoms in total. The fourth-order valence-corrected chi connectivity index (χ4v) is 4.33. The lowest BCUT2D eigenvalue weighted by Gasteiger charge is -2.31. The van der Waals surface area contributed by atoms with Gasteiger partial charge in [-0.15, -0.1) is 0 Å². The molecule has 2 heterocycles. The second-order valence-electron chi connectivity index (χ2n) is 7.65. The number of aromatic hydroxyl groups is 1. The van der Waals surface area contributed by atoms with E-state index in [1.54, 1.807) is 6.07 Å². The van der Waals surface area contributed by atoms with E-state index in [1.165, 1.54) is 0 Å². The van der Waals surface area contributed by atoms with Gasteiger partial charge in [0.2, 0.25) is 6.79 Å². The number of para-hydroxylation sites is 1. The topological polar surface area (TPSA) is 72.3 Å². The summed E-state index contributed by atoms with van der Waals surface area (Å²) in [4.78, 5) is 5.02. The van der Waals surface area contributed by atoms with Crippen molar-refractivity contribution in [2.24, 2.45) is 4.99 Å². The molecule has 0 aliphatic carbocycles. The molecule has 2 atom stereocenters. The molecule has 3 aromatic carbocycles. The summed E-state index contributed by atoms with van der Waals surface area (Å²) in [6.07, 6.45) is 0.341. The fourth-order valence-electron chi connectivity index (χ4n) is 4.07. The molecule has 0 radical (unpaired) electrons. The zero-order chi connectivity index (χ0) is 22.1. The monoisotopic (exact) mass is 494 g/mol. The molecule has 0 saturated heterocycles. The van der Waals surface area contributed by atoms with Crippen molar-refractivity contribution in [2.45, 2.75) is 25.6 Å². The van der Waals surface area contributed by atoms with Crippen molar-refractivity contribution in [1.82, 2.24) is 5.32 Å². The van der Waals surface area contributed by atoms with Crippen LogP contribution in [0.3, 0.4) is 0 Å². The van der Waals surface area contributed by atoms with Crippen LogP contribution in [0, 0.1) is 0 Å². The van der Waals surface area contributed by atoms with Gasteiger partial charge in [0.25, 0.3) is 0 Å². The standard InChI is InChI=1S/C25H23BrN2O4/c1-2-30-22-5-3-4-18(24(22)29)20-13-19(16-8-11-21-23(12-16)32-14-31-21)27-25(28-20)15-6-9-17(26)10-7-15/h3-12,20,25,28-29H,2,13-14H2,1H3/t20-,25-/m0/s1. The lowest BCUT2D eigenvalue weighted by Crippen LogP contribution is -2.33. The Balaban J connectivity index is 1.55. The van der Waals surface area contributed by atoms with Gasteiger partial charge in [-0.05, 0) is 54.4 Å². The maximum Gasteiger partial charge on any atom is 0.231 e. The number of aliphatic imine (C=N–C) groups is 1. The Morgan fingerprint density at radius 1 is 1.09 bits per heavy atom. The summed E-state index contributed by atoms with van der Waals surface area (Å²) >= 11 is 3.50. The van der Waals surface area contributed by atoms with E-state index in [-0.39, 0.29) is 24.8 Å². The third-order valence-electron chi connectivity index (χ3n) is 5.64. The molecule has 32 heavy (non-hydrogen) atoms. The van der Waals surface area contributed by atoms with Crippen molar-refractivity contribution >= 4 is 21.6 Å². The average Bonchev–Trinajstić information content (AvgIpc) is 3.29. The van der Waals surface area contributed by atoms with E-state index >= 15 is 0 Å². The molecule has 164 valence electrons. The molecule has 0 unspecified atom stereocenters. The second-order valence-corrected chi connectivity index (χ2v) is 8.56. The molecule has 7 heteroatoms. The largest absolute Gasteiger partial charge is 0.504 e. The molecule has 0 spiro atoms. The number of nitrogens with one attached hydrogen (secondary N) is 1. The summed E-state index contributed by atoms with van der Waals surface area (Å²) in [5.41, 5.74) is 3.73. The quantitative estimate of drug-likeness (QED) is 0.489. The molecule has 0 bridgehead atoms. The van der Waals surface area contributed by atoms with Gasteiger partial charge < -0.3 is 19.3 Å². The highest BCUT2D eigenvalue weighted by atomic mass is 79.9. The Hall–Kier alpha value is -3.03. The van der Waals surface area contributed by atoms with Crippen LogP contribution >= 0.6 is 15.9 Å². The third-order valence-corrected chi connectivity index (χ3v) is 6.17. The van der Waals surface area contributed by atoms with Crippen LogP contribution < -0.4 is 19.5 Å². The molecular formula is C25H23BrN2O4. The number of phenolic OH excluding ortho intramolecular Hbond substituents is 1. The van der Waals surface area contributed by atoms with E-state index in [0.29, 0.717) is 18.8 Å². The highest BCUT2D eigenvalue weighted by Crippen LogP contribution is 2.40. The van der Waals surface area contributed by atoms with Crippen LogP contribution in [0.5, 0.6) is 23.0 Å². The SMILES string of the molecule is CCOc1cccc([C@@H]2CC(c3ccc4c(c3)OCO4)=N[C@H](c3ccc(Br)cc3)N2)c1O. The first-order valence-electron chi connectivity index (χ1n) is 10.5. The lowest BCUT2D eigenvalue weighted by atomic mass is 9.93. The Kier molecular flexibility index (Phi) is 5.76. The molecule has 3 aromatic rings. The molecular weight excluding hydrogens is 472 g/mol. The number of halogens is 1. The summed E-state index contributed by atoms with van der Waals surface area (Å²) in [5.74, 6) is 2.11. The second kappa shape index (κ2) is 8.84. The predicted molar refractivity (Wildman–Crippen MR) is 126 cm³/mol. The van der Waals surface area contributed by atoms with Crippen LogP contribution in [0.25, 0.3) is 0 Å². The number of phenols is 1. The van der Waals surface area contributed by atoms with Crippen LogP contribution in [-0.4, -0.2) is 24.2 Å². The van der Waals surface area contributed by atoms with E-state index in [0.717, 1.165) is 38.4 Å². The summed E-state index contributed by atoms with van der Waals surface area (Å²) < 4.78 is 17.7. The van der Waals surface area contributed by atoms with Gasteiger partial charge in [-0.25, -0.2) is 0 Å². The molecule has 5 rings (SSSR count). The molecule has 0 amide bonds. The minimum absolute atomic E-state index is 0.151. The zero-order valence-corrected chi connectivity index (χ0v) is 19.1. The van der Waals surface area contributed by atoms with Crippen molar-refractivity contribution in [1.29, 1.82) is 0 Å². The number of ether oxygens (including phenoxy) is 3. The van der Waals surface area contributed by atoms with E-state index < -0.39 is 0 Å². The number of rotatable bonds is 5. The third kappa shape index (κ3) is 4.06. The van der Waals surface area contributed by atoms with Gasteiger partial charge in [-0.2, -0.15) is 0 Å². The van der Waals surface area contributed by atoms with Gasteiger partial charge in [-0.1, -0.05) is 40.2 Å². The smallest absolute Gasteiger partial charge is 0.231 e. The first kappa shape index (κ1) is 20.8. The van der Waals surface area contributed by atoms with E-state index in [9.17, 15) is 5.11 Å². The zero-order valence-electron chi connectivity index (χ0n) is 17.5. The molecule has 0 saturated carbocycles. The summed E-state index contributed by atoms with van der Waals surface area (Å²) in [6, 6.07) is 19.4. The Morgan fingerprint density at radius 2 is 1.91 bits per heavy atom. The highest BCUT2D eigenvalue weighted by Gasteiger charge is 2.29. The Labute approximate surface area is 195 Å². The predicted octanol–water partition coefficient (Wildman–Crippen LogP) is 5.50. The van der Waals surface area contributed by atoms with Crippen LogP contribution in [0.15, 0.2) is 70.1 Å². The van der Waals surface area contributed by atoms with Crippen molar-refractivity contribution in [3.05, 3.63) is 81.8 Å². The molecule has 2 N–H and O–H groups in total. The molecule has 0 fully saturated rings. The van der Waals surface area contributed by atoms with Crippen LogP contribution in [0.4, 0.5) is 0 Å². The molecule has 0 aromatic heterocycles. The van der Waals surface area contributed by atoms with Crippen LogP contribution in [0.2, 0.25) is 0 Å². The van der Waals surface area contributed by atoms with Gasteiger partial charge in [0, 0.05) is 28.2 Å². The van der Waals surface area contributed by atoms with Crippen molar-refractivity contribution in [3.63, 3.8) is 0 Å². The maximum atomic E-state index is 10.9. The highest BCUT2D eigenvalue weighted by molar-refractivity contribution is 9.10. The minimum atomic E-state index is -0.266. The Bertz CT molecular complexity index is 1160. The number of hydrogen-bond donors (Lipinski definition) is 2. The van der Waals surface area contributed by atoms with E-state index in [1.807, 2.05) is 61.5 Å². The van der Waals surface area contributed by atoms with E-state index in [4.69, 9.17) is 19.2 Å². The summed E-state index contributed by atoms with van der Waals surface area (Å²) in [7, 11) is 0. The molecule has 2 aliphatic heterocycles. The van der Waals surface area contributed by atoms with Gasteiger partial charge in [0.1, 0.15) is 6.17 Å². The van der Waals surface area contributed by atoms with Crippen LogP contribution in [-0.2, 0) is 0 Å². The summed E-state index contributed by atoms with van der Waals surface area (Å²) in [5, 5.41) is 14.5. The summed E-state index contributed by atoms with van der Waals surface area (Å²) in [6.45, 7) is 2.62. The Morgan fingerprint density at radius 3 is 2.72 bits per heavy atom. The fraction of sp³-hybridized carbons (Fsp3) is 0.240. The first-order chi connectivity index (χ1) is 15.6. The average molecular weight is 495 g/mol. The minimum Gasteiger partial charge on any atom is -0.504 e. The maximum absolute atomic E-state index is 10.9. The normalized spacial score (nSPS) is 19.5. The molecule has 2 aliphatic rings. The van der Waals surface area contributed by atoms with Gasteiger partial charge >= 0.3 is 0 Å². The number of benzene rings is 3. The van der Waals surface area contributed by atoms with Gasteiger partial charge in [0.05, 0.1) is 6.61 Å². The lowest BCUT2D eigenvalue weighted by molar-refractivity contribution is 0.174. The number of nitrogens with zero attached hydrogens (tertiary/aromatic N) is 1. The number of fused-ring (bicyclic) bond motifs is 1. The number of hydrogen-bond acceptors (Lipinski definition) is 6. The van der Waals surface area contributed by atoms with Crippen LogP contribution in [0.1, 0.15) is 42.2 Å². The van der Waals surface area contributed by atoms with Crippen molar-refractivity contribution in [3.8, 4) is 23.0 Å². The van der Waals surface area contributed by atoms with Crippen molar-refractivity contribution < 1.29 is 19.3 Å². The first-order valence-corrected chi connectivity index (χ1v) is 11.3.